The number of fused-ring (bicyclic) bond motifs is 5. The highest BCUT2D eigenvalue weighted by Crippen LogP contribution is 2.41. The van der Waals surface area contributed by atoms with Crippen molar-refractivity contribution in [3.63, 3.8) is 0 Å². The van der Waals surface area contributed by atoms with Gasteiger partial charge in [-0.2, -0.15) is 0 Å². The molecule has 2 heteroatoms. The maximum absolute atomic E-state index is 6.46. The summed E-state index contributed by atoms with van der Waals surface area (Å²) in [5, 5.41) is 7.24. The number of para-hydroxylation sites is 2. The normalized spacial score (nSPS) is 11.4. The van der Waals surface area contributed by atoms with Gasteiger partial charge in [-0.1, -0.05) is 194 Å². The van der Waals surface area contributed by atoms with Crippen LogP contribution in [0.2, 0.25) is 0 Å². The Morgan fingerprint density at radius 3 is 1.55 bits per heavy atom. The lowest BCUT2D eigenvalue weighted by Crippen LogP contribution is -2.10. The van der Waals surface area contributed by atoms with Crippen LogP contribution in [0.15, 0.2) is 253 Å². The second-order valence-electron chi connectivity index (χ2n) is 16.5. The molecule has 0 saturated carbocycles. The number of hydrogen-bond acceptors (Lipinski definition) is 2. The zero-order valence-corrected chi connectivity index (χ0v) is 35.0. The third-order valence-electron chi connectivity index (χ3n) is 12.7. The Kier molecular flexibility index (Phi) is 9.20. The first-order valence-corrected chi connectivity index (χ1v) is 21.9. The minimum Gasteiger partial charge on any atom is -0.455 e. The molecule has 2 nitrogen and oxygen atoms in total. The molecule has 0 spiro atoms. The highest BCUT2D eigenvalue weighted by Gasteiger charge is 2.17. The van der Waals surface area contributed by atoms with Crippen molar-refractivity contribution in [3.05, 3.63) is 249 Å². The summed E-state index contributed by atoms with van der Waals surface area (Å²) in [6.45, 7) is 0. The van der Waals surface area contributed by atoms with Crippen molar-refractivity contribution in [2.45, 2.75) is 0 Å². The molecular formula is C62H41NO. The van der Waals surface area contributed by atoms with Gasteiger partial charge in [-0.25, -0.2) is 0 Å². The van der Waals surface area contributed by atoms with Crippen LogP contribution in [0.25, 0.3) is 99.1 Å². The lowest BCUT2D eigenvalue weighted by molar-refractivity contribution is 0.670. The fourth-order valence-corrected chi connectivity index (χ4v) is 9.50. The lowest BCUT2D eigenvalue weighted by Gasteiger charge is -2.26. The molecule has 1 aromatic heterocycles. The molecule has 0 aliphatic rings. The van der Waals surface area contributed by atoms with Crippen LogP contribution in [-0.2, 0) is 0 Å². The largest absolute Gasteiger partial charge is 0.455 e. The highest BCUT2D eigenvalue weighted by molar-refractivity contribution is 6.09. The zero-order chi connectivity index (χ0) is 42.4. The van der Waals surface area contributed by atoms with Gasteiger partial charge in [0.25, 0.3) is 0 Å². The van der Waals surface area contributed by atoms with Gasteiger partial charge in [0.2, 0.25) is 0 Å². The molecular weight excluding hydrogens is 775 g/mol. The van der Waals surface area contributed by atoms with Gasteiger partial charge in [-0.05, 0) is 126 Å². The summed E-state index contributed by atoms with van der Waals surface area (Å²) in [5.41, 5.74) is 16.8. The number of nitrogens with zero attached hydrogens (tertiary/aromatic N) is 1. The second-order valence-corrected chi connectivity index (χ2v) is 16.5. The highest BCUT2D eigenvalue weighted by atomic mass is 16.3. The van der Waals surface area contributed by atoms with Crippen molar-refractivity contribution in [1.29, 1.82) is 0 Å². The molecule has 1 heterocycles. The molecule has 0 amide bonds. The smallest absolute Gasteiger partial charge is 0.143 e. The van der Waals surface area contributed by atoms with Gasteiger partial charge in [0.15, 0.2) is 0 Å². The fraction of sp³-hybridized carbons (Fsp3) is 0. The quantitative estimate of drug-likeness (QED) is 0.152. The van der Waals surface area contributed by atoms with Crippen molar-refractivity contribution < 1.29 is 4.42 Å². The predicted molar refractivity (Wildman–Crippen MR) is 271 cm³/mol. The van der Waals surface area contributed by atoms with E-state index in [1.807, 2.05) is 12.1 Å². The Morgan fingerprint density at radius 1 is 0.250 bits per heavy atom. The summed E-state index contributed by atoms with van der Waals surface area (Å²) in [6, 6.07) is 89.7. The molecule has 0 bridgehead atoms. The Balaban J connectivity index is 0.942. The van der Waals surface area contributed by atoms with Crippen molar-refractivity contribution in [3.8, 4) is 55.6 Å². The Morgan fingerprint density at radius 2 is 0.750 bits per heavy atom. The summed E-state index contributed by atoms with van der Waals surface area (Å²) < 4.78 is 6.46. The van der Waals surface area contributed by atoms with Crippen LogP contribution in [0.5, 0.6) is 0 Å². The van der Waals surface area contributed by atoms with E-state index in [4.69, 9.17) is 4.42 Å². The number of hydrogen-bond donors (Lipinski definition) is 0. The molecule has 0 radical (unpaired) electrons. The van der Waals surface area contributed by atoms with Gasteiger partial charge in [0, 0.05) is 33.4 Å². The average molecular weight is 816 g/mol. The van der Waals surface area contributed by atoms with E-state index in [1.165, 1.54) is 54.9 Å². The molecule has 0 fully saturated rings. The number of rotatable bonds is 8. The second kappa shape index (κ2) is 15.8. The average Bonchev–Trinajstić information content (AvgIpc) is 3.76. The molecule has 0 aliphatic heterocycles. The van der Waals surface area contributed by atoms with Gasteiger partial charge in [-0.15, -0.1) is 0 Å². The Labute approximate surface area is 372 Å². The Bertz CT molecular complexity index is 3650. The van der Waals surface area contributed by atoms with E-state index >= 15 is 0 Å². The first kappa shape index (κ1) is 37.3. The van der Waals surface area contributed by atoms with Crippen molar-refractivity contribution >= 4 is 60.5 Å². The predicted octanol–water partition coefficient (Wildman–Crippen LogP) is 17.7. The van der Waals surface area contributed by atoms with Crippen LogP contribution in [0, 0.1) is 0 Å². The van der Waals surface area contributed by atoms with Gasteiger partial charge in [-0.3, -0.25) is 0 Å². The summed E-state index contributed by atoms with van der Waals surface area (Å²) in [7, 11) is 0. The SMILES string of the molecule is c1ccc(-c2cccc3ccc(-c4ccc(N(c5ccc(-c6cccc7ccccc67)cc5)c5cccc(-c6cccc(-c7cccc8c7oc7ccccc78)c6)c5)cc4)cc23)cc1. The topological polar surface area (TPSA) is 16.4 Å². The fourth-order valence-electron chi connectivity index (χ4n) is 9.50. The maximum Gasteiger partial charge on any atom is 0.143 e. The van der Waals surface area contributed by atoms with Crippen LogP contribution in [0.3, 0.4) is 0 Å². The molecule has 0 unspecified atom stereocenters. The van der Waals surface area contributed by atoms with Crippen LogP contribution in [0.4, 0.5) is 17.1 Å². The Hall–Kier alpha value is -8.46. The first-order chi connectivity index (χ1) is 31.7. The van der Waals surface area contributed by atoms with E-state index in [2.05, 4.69) is 241 Å². The van der Waals surface area contributed by atoms with Crippen LogP contribution >= 0.6 is 0 Å². The van der Waals surface area contributed by atoms with Gasteiger partial charge >= 0.3 is 0 Å². The van der Waals surface area contributed by atoms with E-state index < -0.39 is 0 Å². The van der Waals surface area contributed by atoms with Crippen LogP contribution in [-0.4, -0.2) is 0 Å². The van der Waals surface area contributed by atoms with E-state index in [1.54, 1.807) is 0 Å². The summed E-state index contributed by atoms with van der Waals surface area (Å²) >= 11 is 0. The minimum absolute atomic E-state index is 0.904. The minimum atomic E-state index is 0.904. The molecule has 12 rings (SSSR count). The van der Waals surface area contributed by atoms with E-state index in [9.17, 15) is 0 Å². The summed E-state index contributed by atoms with van der Waals surface area (Å²) in [5.74, 6) is 0. The monoisotopic (exact) mass is 815 g/mol. The molecule has 64 heavy (non-hydrogen) atoms. The molecule has 12 aromatic rings. The zero-order valence-electron chi connectivity index (χ0n) is 35.0. The standard InChI is InChI=1S/C62H41NO/c1-2-13-43(14-3-1)56-25-11-17-45-29-30-49(41-60(45)56)42-31-35-51(36-32-42)63(52-37-33-46(34-38-52)55-24-10-16-44-15-4-5-22-54(44)55)53-21-9-19-48(40-53)47-18-8-20-50(39-47)57-26-12-27-59-58-23-6-7-28-61(58)64-62(57)59/h1-41H. The van der Waals surface area contributed by atoms with Crippen molar-refractivity contribution in [2.75, 3.05) is 4.90 Å². The third kappa shape index (κ3) is 6.70. The first-order valence-electron chi connectivity index (χ1n) is 21.9. The molecule has 0 N–H and O–H groups in total. The van der Waals surface area contributed by atoms with Crippen molar-refractivity contribution in [1.82, 2.24) is 0 Å². The molecule has 0 aliphatic carbocycles. The van der Waals surface area contributed by atoms with E-state index in [0.29, 0.717) is 0 Å². The third-order valence-corrected chi connectivity index (χ3v) is 12.7. The molecule has 0 atom stereocenters. The van der Waals surface area contributed by atoms with Crippen LogP contribution < -0.4 is 4.90 Å². The van der Waals surface area contributed by atoms with E-state index in [0.717, 1.165) is 61.3 Å². The van der Waals surface area contributed by atoms with Gasteiger partial charge in [0.05, 0.1) is 0 Å². The van der Waals surface area contributed by atoms with E-state index in [-0.39, 0.29) is 0 Å². The number of furan rings is 1. The number of benzene rings is 11. The summed E-state index contributed by atoms with van der Waals surface area (Å²) in [4.78, 5) is 2.37. The summed E-state index contributed by atoms with van der Waals surface area (Å²) in [6.07, 6.45) is 0. The maximum atomic E-state index is 6.46. The van der Waals surface area contributed by atoms with Crippen LogP contribution in [0.1, 0.15) is 0 Å². The lowest BCUT2D eigenvalue weighted by atomic mass is 9.94. The molecule has 0 saturated heterocycles. The molecule has 11 aromatic carbocycles. The van der Waals surface area contributed by atoms with Gasteiger partial charge < -0.3 is 9.32 Å². The van der Waals surface area contributed by atoms with Gasteiger partial charge in [0.1, 0.15) is 11.2 Å². The van der Waals surface area contributed by atoms with Crippen molar-refractivity contribution in [2.24, 2.45) is 0 Å². The number of anilines is 3. The molecule has 300 valence electrons.